The van der Waals surface area contributed by atoms with Gasteiger partial charge in [-0.05, 0) is 45.0 Å². The lowest BCUT2D eigenvalue weighted by atomic mass is 10.1. The van der Waals surface area contributed by atoms with Crippen LogP contribution in [-0.2, 0) is 19.1 Å². The summed E-state index contributed by atoms with van der Waals surface area (Å²) < 4.78 is 4.74. The van der Waals surface area contributed by atoms with Gasteiger partial charge in [-0.3, -0.25) is 19.2 Å². The third-order valence-corrected chi connectivity index (χ3v) is 4.27. The van der Waals surface area contributed by atoms with Gasteiger partial charge in [-0.25, -0.2) is 0 Å². The van der Waals surface area contributed by atoms with Gasteiger partial charge in [0.05, 0.1) is 12.5 Å². The van der Waals surface area contributed by atoms with Crippen LogP contribution in [0.4, 0.5) is 5.69 Å². The molecule has 0 bridgehead atoms. The molecule has 27 heavy (non-hydrogen) atoms. The number of carbonyl (C=O) groups excluding carboxylic acids is 4. The molecule has 1 heterocycles. The molecule has 2 rings (SSSR count). The Bertz CT molecular complexity index is 715. The molecule has 146 valence electrons. The SMILES string of the molecule is CCOC(=O)CNC(=O)c1ccc(NC(=O)C2CC(=O)N(C(C)C)C2)cc1. The Labute approximate surface area is 158 Å². The fraction of sp³-hybridized carbons (Fsp3) is 0.474. The van der Waals surface area contributed by atoms with E-state index in [1.807, 2.05) is 13.8 Å². The van der Waals surface area contributed by atoms with E-state index in [2.05, 4.69) is 10.6 Å². The number of likely N-dealkylation sites (tertiary alicyclic amines) is 1. The van der Waals surface area contributed by atoms with Gasteiger partial charge in [0.15, 0.2) is 0 Å². The summed E-state index contributed by atoms with van der Waals surface area (Å²) in [6.07, 6.45) is 0.207. The van der Waals surface area contributed by atoms with Crippen molar-refractivity contribution in [2.24, 2.45) is 5.92 Å². The summed E-state index contributed by atoms with van der Waals surface area (Å²) >= 11 is 0. The van der Waals surface area contributed by atoms with Crippen molar-refractivity contribution in [3.05, 3.63) is 29.8 Å². The molecule has 0 aliphatic carbocycles. The van der Waals surface area contributed by atoms with Crippen LogP contribution in [0.5, 0.6) is 0 Å². The van der Waals surface area contributed by atoms with Gasteiger partial charge in [-0.1, -0.05) is 0 Å². The molecule has 8 nitrogen and oxygen atoms in total. The topological polar surface area (TPSA) is 105 Å². The number of hydrogen-bond donors (Lipinski definition) is 2. The molecule has 1 saturated heterocycles. The maximum atomic E-state index is 12.4. The van der Waals surface area contributed by atoms with E-state index in [9.17, 15) is 19.2 Å². The number of benzene rings is 1. The van der Waals surface area contributed by atoms with Crippen LogP contribution in [-0.4, -0.2) is 54.3 Å². The molecule has 1 aromatic rings. The molecule has 0 radical (unpaired) electrons. The highest BCUT2D eigenvalue weighted by Gasteiger charge is 2.35. The molecule has 0 spiro atoms. The van der Waals surface area contributed by atoms with Crippen molar-refractivity contribution in [2.75, 3.05) is 25.0 Å². The fourth-order valence-corrected chi connectivity index (χ4v) is 2.82. The van der Waals surface area contributed by atoms with Crippen molar-refractivity contribution in [3.8, 4) is 0 Å². The zero-order valence-electron chi connectivity index (χ0n) is 15.8. The maximum absolute atomic E-state index is 12.4. The summed E-state index contributed by atoms with van der Waals surface area (Å²) in [5.74, 6) is -1.52. The second-order valence-electron chi connectivity index (χ2n) is 6.60. The predicted molar refractivity (Wildman–Crippen MR) is 99.0 cm³/mol. The summed E-state index contributed by atoms with van der Waals surface area (Å²) in [4.78, 5) is 49.2. The molecule has 1 unspecified atom stereocenters. The first-order valence-electron chi connectivity index (χ1n) is 8.96. The Morgan fingerprint density at radius 2 is 1.89 bits per heavy atom. The van der Waals surface area contributed by atoms with E-state index >= 15 is 0 Å². The monoisotopic (exact) mass is 375 g/mol. The van der Waals surface area contributed by atoms with Crippen LogP contribution in [0.3, 0.4) is 0 Å². The highest BCUT2D eigenvalue weighted by molar-refractivity contribution is 5.99. The Morgan fingerprint density at radius 3 is 2.44 bits per heavy atom. The number of amides is 3. The minimum Gasteiger partial charge on any atom is -0.465 e. The van der Waals surface area contributed by atoms with Gasteiger partial charge in [-0.15, -0.1) is 0 Å². The van der Waals surface area contributed by atoms with Gasteiger partial charge < -0.3 is 20.3 Å². The average Bonchev–Trinajstić information content (AvgIpc) is 3.03. The van der Waals surface area contributed by atoms with Gasteiger partial charge >= 0.3 is 5.97 Å². The quantitative estimate of drug-likeness (QED) is 0.696. The van der Waals surface area contributed by atoms with Gasteiger partial charge in [0.25, 0.3) is 5.91 Å². The highest BCUT2D eigenvalue weighted by Crippen LogP contribution is 2.22. The van der Waals surface area contributed by atoms with E-state index in [0.717, 1.165) is 0 Å². The molecule has 1 aliphatic rings. The second-order valence-corrected chi connectivity index (χ2v) is 6.60. The van der Waals surface area contributed by atoms with Gasteiger partial charge in [0.1, 0.15) is 6.54 Å². The van der Waals surface area contributed by atoms with Crippen LogP contribution in [0.2, 0.25) is 0 Å². The summed E-state index contributed by atoms with van der Waals surface area (Å²) in [6.45, 7) is 6.00. The Morgan fingerprint density at radius 1 is 1.22 bits per heavy atom. The summed E-state index contributed by atoms with van der Waals surface area (Å²) in [5, 5.41) is 5.24. The third kappa shape index (κ3) is 5.54. The van der Waals surface area contributed by atoms with Crippen molar-refractivity contribution in [3.63, 3.8) is 0 Å². The lowest BCUT2D eigenvalue weighted by Crippen LogP contribution is -2.33. The lowest BCUT2D eigenvalue weighted by Gasteiger charge is -2.20. The fourth-order valence-electron chi connectivity index (χ4n) is 2.82. The highest BCUT2D eigenvalue weighted by atomic mass is 16.5. The smallest absolute Gasteiger partial charge is 0.325 e. The largest absolute Gasteiger partial charge is 0.465 e. The number of ether oxygens (including phenoxy) is 1. The van der Waals surface area contributed by atoms with Crippen molar-refractivity contribution in [2.45, 2.75) is 33.2 Å². The molecule has 1 aliphatic heterocycles. The standard InChI is InChI=1S/C19H25N3O5/c1-4-27-17(24)10-20-18(25)13-5-7-15(8-6-13)21-19(26)14-9-16(23)22(11-14)12(2)3/h5-8,12,14H,4,9-11H2,1-3H3,(H,20,25)(H,21,26). The van der Waals surface area contributed by atoms with Crippen molar-refractivity contribution >= 4 is 29.4 Å². The van der Waals surface area contributed by atoms with E-state index < -0.39 is 11.9 Å². The van der Waals surface area contributed by atoms with E-state index in [1.54, 1.807) is 36.1 Å². The number of carbonyl (C=O) groups is 4. The van der Waals surface area contributed by atoms with Crippen LogP contribution in [0.25, 0.3) is 0 Å². The molecular weight excluding hydrogens is 350 g/mol. The predicted octanol–water partition coefficient (Wildman–Crippen LogP) is 1.17. The number of nitrogens with one attached hydrogen (secondary N) is 2. The number of nitrogens with zero attached hydrogens (tertiary/aromatic N) is 1. The van der Waals surface area contributed by atoms with Crippen LogP contribution in [0, 0.1) is 5.92 Å². The van der Waals surface area contributed by atoms with Crippen molar-refractivity contribution < 1.29 is 23.9 Å². The Balaban J connectivity index is 1.88. The third-order valence-electron chi connectivity index (χ3n) is 4.27. The van der Waals surface area contributed by atoms with Crippen LogP contribution < -0.4 is 10.6 Å². The maximum Gasteiger partial charge on any atom is 0.325 e. The molecule has 2 N–H and O–H groups in total. The number of hydrogen-bond acceptors (Lipinski definition) is 5. The minimum atomic E-state index is -0.503. The average molecular weight is 375 g/mol. The first-order valence-corrected chi connectivity index (χ1v) is 8.96. The molecular formula is C19H25N3O5. The van der Waals surface area contributed by atoms with Crippen molar-refractivity contribution in [1.29, 1.82) is 0 Å². The zero-order valence-corrected chi connectivity index (χ0v) is 15.8. The normalized spacial score (nSPS) is 16.4. The van der Waals surface area contributed by atoms with Crippen molar-refractivity contribution in [1.82, 2.24) is 10.2 Å². The number of esters is 1. The minimum absolute atomic E-state index is 0.0150. The van der Waals surface area contributed by atoms with E-state index in [4.69, 9.17) is 4.74 Å². The Kier molecular flexibility index (Phi) is 6.92. The zero-order chi connectivity index (χ0) is 20.0. The molecule has 1 aromatic carbocycles. The second kappa shape index (κ2) is 9.16. The molecule has 3 amide bonds. The summed E-state index contributed by atoms with van der Waals surface area (Å²) in [7, 11) is 0. The van der Waals surface area contributed by atoms with Crippen LogP contribution in [0.15, 0.2) is 24.3 Å². The van der Waals surface area contributed by atoms with Crippen LogP contribution >= 0.6 is 0 Å². The Hall–Kier alpha value is -2.90. The van der Waals surface area contributed by atoms with Crippen LogP contribution in [0.1, 0.15) is 37.6 Å². The van der Waals surface area contributed by atoms with E-state index in [0.29, 0.717) is 17.8 Å². The number of rotatable bonds is 7. The van der Waals surface area contributed by atoms with E-state index in [-0.39, 0.29) is 43.3 Å². The molecule has 0 saturated carbocycles. The summed E-state index contributed by atoms with van der Waals surface area (Å²) in [6, 6.07) is 6.39. The molecule has 8 heteroatoms. The van der Waals surface area contributed by atoms with Gasteiger partial charge in [0, 0.05) is 30.3 Å². The number of anilines is 1. The van der Waals surface area contributed by atoms with E-state index in [1.165, 1.54) is 0 Å². The molecule has 1 fully saturated rings. The summed E-state index contributed by atoms with van der Waals surface area (Å²) in [5.41, 5.74) is 0.900. The first kappa shape index (κ1) is 20.4. The first-order chi connectivity index (χ1) is 12.8. The molecule has 1 atom stereocenters. The lowest BCUT2D eigenvalue weighted by molar-refractivity contribution is -0.141. The van der Waals surface area contributed by atoms with Gasteiger partial charge in [-0.2, -0.15) is 0 Å². The molecule has 0 aromatic heterocycles. The van der Waals surface area contributed by atoms with Gasteiger partial charge in [0.2, 0.25) is 11.8 Å².